The quantitative estimate of drug-likeness (QED) is 0.477. The highest BCUT2D eigenvalue weighted by molar-refractivity contribution is 5.98. The molecule has 4 heteroatoms. The first-order chi connectivity index (χ1) is 14.2. The lowest BCUT2D eigenvalue weighted by molar-refractivity contribution is 0.0985. The number of ketones is 1. The number of hydrogen-bond donors (Lipinski definition) is 0. The molecule has 0 radical (unpaired) electrons. The summed E-state index contributed by atoms with van der Waals surface area (Å²) >= 11 is 0. The van der Waals surface area contributed by atoms with Gasteiger partial charge in [-0.05, 0) is 67.8 Å². The van der Waals surface area contributed by atoms with Gasteiger partial charge in [0, 0.05) is 12.0 Å². The fourth-order valence-corrected chi connectivity index (χ4v) is 3.76. The van der Waals surface area contributed by atoms with Crippen molar-refractivity contribution in [1.82, 2.24) is 0 Å². The van der Waals surface area contributed by atoms with Gasteiger partial charge in [-0.3, -0.25) is 4.79 Å². The summed E-state index contributed by atoms with van der Waals surface area (Å²) in [6.07, 6.45) is 2.02. The van der Waals surface area contributed by atoms with Gasteiger partial charge in [-0.25, -0.2) is 8.78 Å². The Morgan fingerprint density at radius 2 is 1.63 bits per heavy atom. The van der Waals surface area contributed by atoms with Crippen LogP contribution in [0, 0.1) is 18.6 Å². The third-order valence-electron chi connectivity index (χ3n) is 5.16. The van der Waals surface area contributed by atoms with E-state index in [0.717, 1.165) is 40.1 Å². The molecule has 152 valence electrons. The number of hydrogen-bond acceptors (Lipinski definition) is 2. The molecule has 1 heterocycles. The number of ether oxygens (including phenoxy) is 1. The van der Waals surface area contributed by atoms with E-state index in [-0.39, 0.29) is 6.42 Å². The van der Waals surface area contributed by atoms with E-state index in [0.29, 0.717) is 5.56 Å². The van der Waals surface area contributed by atoms with Crippen LogP contribution in [0.5, 0.6) is 5.75 Å². The summed E-state index contributed by atoms with van der Waals surface area (Å²) in [5.41, 5.74) is 3.97. The van der Waals surface area contributed by atoms with Crippen LogP contribution in [-0.4, -0.2) is 11.4 Å². The van der Waals surface area contributed by atoms with E-state index in [9.17, 15) is 13.6 Å². The van der Waals surface area contributed by atoms with Crippen molar-refractivity contribution < 1.29 is 18.3 Å². The zero-order valence-electron chi connectivity index (χ0n) is 17.1. The molecule has 0 saturated carbocycles. The van der Waals surface area contributed by atoms with E-state index in [1.165, 1.54) is 6.07 Å². The van der Waals surface area contributed by atoms with E-state index in [4.69, 9.17) is 4.74 Å². The average molecular weight is 404 g/mol. The highest BCUT2D eigenvalue weighted by Crippen LogP contribution is 2.39. The van der Waals surface area contributed by atoms with Crippen LogP contribution in [0.15, 0.2) is 66.7 Å². The predicted octanol–water partition coefficient (Wildman–Crippen LogP) is 6.30. The zero-order chi connectivity index (χ0) is 21.5. The molecule has 0 N–H and O–H groups in total. The van der Waals surface area contributed by atoms with Gasteiger partial charge in [0.25, 0.3) is 0 Å². The van der Waals surface area contributed by atoms with Crippen molar-refractivity contribution in [3.05, 3.63) is 106 Å². The van der Waals surface area contributed by atoms with Crippen molar-refractivity contribution in [1.29, 1.82) is 0 Å². The molecule has 0 fully saturated rings. The SMILES string of the molecule is Cc1ccc2c(c1)C(c1ccc(CC(=O)c3c(F)cccc3F)cc1)=CC(C)(C)O2. The van der Waals surface area contributed by atoms with Crippen molar-refractivity contribution in [2.45, 2.75) is 32.8 Å². The van der Waals surface area contributed by atoms with E-state index in [1.807, 2.05) is 57.2 Å². The lowest BCUT2D eigenvalue weighted by Gasteiger charge is -2.31. The molecule has 1 aliphatic heterocycles. The standard InChI is InChI=1S/C26H22F2O2/c1-16-7-12-24-19(13-16)20(15-26(2,3)30-24)18-10-8-17(9-11-18)14-23(29)25-21(27)5-4-6-22(25)28/h4-13,15H,14H2,1-3H3. The third-order valence-corrected chi connectivity index (χ3v) is 5.16. The van der Waals surface area contributed by atoms with Crippen LogP contribution in [0.25, 0.3) is 5.57 Å². The molecule has 0 aromatic heterocycles. The Balaban J connectivity index is 1.63. The molecule has 0 spiro atoms. The van der Waals surface area contributed by atoms with Crippen molar-refractivity contribution in [3.63, 3.8) is 0 Å². The lowest BCUT2D eigenvalue weighted by Crippen LogP contribution is -2.29. The van der Waals surface area contributed by atoms with Gasteiger partial charge in [0.2, 0.25) is 0 Å². The van der Waals surface area contributed by atoms with E-state index >= 15 is 0 Å². The van der Waals surface area contributed by atoms with Gasteiger partial charge < -0.3 is 4.74 Å². The number of halogens is 2. The molecule has 3 aromatic carbocycles. The first-order valence-corrected chi connectivity index (χ1v) is 9.83. The molecule has 4 rings (SSSR count). The number of rotatable bonds is 4. The minimum absolute atomic E-state index is 0.0680. The summed E-state index contributed by atoms with van der Waals surface area (Å²) in [6, 6.07) is 17.0. The third kappa shape index (κ3) is 3.90. The zero-order valence-corrected chi connectivity index (χ0v) is 17.1. The van der Waals surface area contributed by atoms with E-state index in [2.05, 4.69) is 12.1 Å². The molecule has 0 saturated heterocycles. The van der Waals surface area contributed by atoms with Crippen LogP contribution in [0.2, 0.25) is 0 Å². The Bertz CT molecular complexity index is 1140. The first kappa shape index (κ1) is 20.0. The Labute approximate surface area is 174 Å². The van der Waals surface area contributed by atoms with Crippen molar-refractivity contribution >= 4 is 11.4 Å². The van der Waals surface area contributed by atoms with Crippen LogP contribution in [-0.2, 0) is 6.42 Å². The fraction of sp³-hybridized carbons (Fsp3) is 0.192. The van der Waals surface area contributed by atoms with Crippen LogP contribution in [0.1, 0.15) is 46.5 Å². The molecule has 1 aliphatic rings. The van der Waals surface area contributed by atoms with E-state index < -0.39 is 28.6 Å². The monoisotopic (exact) mass is 404 g/mol. The summed E-state index contributed by atoms with van der Waals surface area (Å²) < 4.78 is 33.8. The summed E-state index contributed by atoms with van der Waals surface area (Å²) in [6.45, 7) is 6.05. The van der Waals surface area contributed by atoms with Crippen molar-refractivity contribution in [2.24, 2.45) is 0 Å². The van der Waals surface area contributed by atoms with Gasteiger partial charge in [-0.15, -0.1) is 0 Å². The van der Waals surface area contributed by atoms with Gasteiger partial charge in [-0.1, -0.05) is 42.0 Å². The number of benzene rings is 3. The number of fused-ring (bicyclic) bond motifs is 1. The van der Waals surface area contributed by atoms with Gasteiger partial charge in [0.15, 0.2) is 5.78 Å². The number of carbonyl (C=O) groups is 1. The Morgan fingerprint density at radius 3 is 2.30 bits per heavy atom. The van der Waals surface area contributed by atoms with Crippen LogP contribution in [0.4, 0.5) is 8.78 Å². The molecule has 0 amide bonds. The Morgan fingerprint density at radius 1 is 0.967 bits per heavy atom. The number of carbonyl (C=O) groups excluding carboxylic acids is 1. The second kappa shape index (κ2) is 7.52. The Kier molecular flexibility index (Phi) is 5.02. The van der Waals surface area contributed by atoms with Crippen molar-refractivity contribution in [3.8, 4) is 5.75 Å². The second-order valence-electron chi connectivity index (χ2n) is 8.16. The molecule has 0 bridgehead atoms. The topological polar surface area (TPSA) is 26.3 Å². The molecule has 3 aromatic rings. The second-order valence-corrected chi connectivity index (χ2v) is 8.16. The number of Topliss-reactive ketones (excluding diaryl/α,β-unsaturated/α-hetero) is 1. The smallest absolute Gasteiger partial charge is 0.173 e. The molecule has 2 nitrogen and oxygen atoms in total. The average Bonchev–Trinajstić information content (AvgIpc) is 2.68. The highest BCUT2D eigenvalue weighted by atomic mass is 19.1. The summed E-state index contributed by atoms with van der Waals surface area (Å²) in [7, 11) is 0. The van der Waals surface area contributed by atoms with Crippen LogP contribution < -0.4 is 4.74 Å². The van der Waals surface area contributed by atoms with Crippen molar-refractivity contribution in [2.75, 3.05) is 0 Å². The molecule has 0 atom stereocenters. The van der Waals surface area contributed by atoms with Gasteiger partial charge >= 0.3 is 0 Å². The Hall–Kier alpha value is -3.27. The normalized spacial score (nSPS) is 14.5. The maximum absolute atomic E-state index is 13.9. The summed E-state index contributed by atoms with van der Waals surface area (Å²) in [5, 5.41) is 0. The minimum Gasteiger partial charge on any atom is -0.483 e. The molecular weight excluding hydrogens is 382 g/mol. The van der Waals surface area contributed by atoms with Crippen LogP contribution >= 0.6 is 0 Å². The minimum atomic E-state index is -0.835. The largest absolute Gasteiger partial charge is 0.483 e. The molecule has 0 aliphatic carbocycles. The van der Waals surface area contributed by atoms with Gasteiger partial charge in [-0.2, -0.15) is 0 Å². The predicted molar refractivity (Wildman–Crippen MR) is 114 cm³/mol. The molecule has 30 heavy (non-hydrogen) atoms. The maximum atomic E-state index is 13.9. The van der Waals surface area contributed by atoms with E-state index in [1.54, 1.807) is 0 Å². The fourth-order valence-electron chi connectivity index (χ4n) is 3.76. The maximum Gasteiger partial charge on any atom is 0.173 e. The number of aryl methyl sites for hydroxylation is 1. The molecular formula is C26H22F2O2. The van der Waals surface area contributed by atoms with Crippen LogP contribution in [0.3, 0.4) is 0 Å². The van der Waals surface area contributed by atoms with Gasteiger partial charge in [0.05, 0.1) is 5.56 Å². The lowest BCUT2D eigenvalue weighted by atomic mass is 9.88. The highest BCUT2D eigenvalue weighted by Gasteiger charge is 2.27. The molecule has 0 unspecified atom stereocenters. The van der Waals surface area contributed by atoms with Gasteiger partial charge in [0.1, 0.15) is 23.0 Å². The summed E-state index contributed by atoms with van der Waals surface area (Å²) in [4.78, 5) is 12.4. The summed E-state index contributed by atoms with van der Waals surface area (Å²) in [5.74, 6) is -1.42. The first-order valence-electron chi connectivity index (χ1n) is 9.83.